The molecule has 2 rings (SSSR count). The van der Waals surface area contributed by atoms with E-state index in [1.165, 1.54) is 19.3 Å². The van der Waals surface area contributed by atoms with Gasteiger partial charge in [0.1, 0.15) is 0 Å². The van der Waals surface area contributed by atoms with Crippen LogP contribution in [0.5, 0.6) is 0 Å². The van der Waals surface area contributed by atoms with E-state index in [1.54, 1.807) is 0 Å². The standard InChI is InChI=1S/C16H25ClN2/c1-10-7-11(2)9-13(8-10)16(19-18)14-6-4-5-12(3)15(14)17/h4-6,10-11,13,16,19H,7-9,18H2,1-3H3. The zero-order valence-electron chi connectivity index (χ0n) is 12.1. The fourth-order valence-corrected chi connectivity index (χ4v) is 3.92. The predicted octanol–water partition coefficient (Wildman–Crippen LogP) is 4.23. The molecule has 1 aromatic rings. The molecule has 2 nitrogen and oxygen atoms in total. The van der Waals surface area contributed by atoms with Gasteiger partial charge in [-0.3, -0.25) is 11.3 Å². The summed E-state index contributed by atoms with van der Waals surface area (Å²) in [5.41, 5.74) is 5.28. The first-order valence-corrected chi connectivity index (χ1v) is 7.61. The number of hydrogen-bond donors (Lipinski definition) is 2. The minimum atomic E-state index is 0.164. The average molecular weight is 281 g/mol. The number of hydrogen-bond acceptors (Lipinski definition) is 2. The zero-order valence-corrected chi connectivity index (χ0v) is 12.9. The Morgan fingerprint density at radius 2 is 1.84 bits per heavy atom. The van der Waals surface area contributed by atoms with Crippen LogP contribution >= 0.6 is 11.6 Å². The van der Waals surface area contributed by atoms with Crippen molar-refractivity contribution < 1.29 is 0 Å². The van der Waals surface area contributed by atoms with Crippen LogP contribution in [0.25, 0.3) is 0 Å². The van der Waals surface area contributed by atoms with Crippen molar-refractivity contribution in [3.63, 3.8) is 0 Å². The highest BCUT2D eigenvalue weighted by molar-refractivity contribution is 6.32. The molecule has 3 atom stereocenters. The largest absolute Gasteiger partial charge is 0.271 e. The van der Waals surface area contributed by atoms with Crippen molar-refractivity contribution in [2.24, 2.45) is 23.6 Å². The normalized spacial score (nSPS) is 29.2. The molecule has 1 fully saturated rings. The second-order valence-electron chi connectivity index (χ2n) is 6.30. The van der Waals surface area contributed by atoms with E-state index in [9.17, 15) is 0 Å². The lowest BCUT2D eigenvalue weighted by Crippen LogP contribution is -2.37. The lowest BCUT2D eigenvalue weighted by Gasteiger charge is -2.36. The molecule has 0 bridgehead atoms. The monoisotopic (exact) mass is 280 g/mol. The molecule has 1 aliphatic rings. The van der Waals surface area contributed by atoms with E-state index >= 15 is 0 Å². The maximum Gasteiger partial charge on any atom is 0.0503 e. The van der Waals surface area contributed by atoms with Gasteiger partial charge < -0.3 is 0 Å². The average Bonchev–Trinajstić information content (AvgIpc) is 2.34. The Morgan fingerprint density at radius 3 is 2.42 bits per heavy atom. The third-order valence-electron chi connectivity index (χ3n) is 4.42. The van der Waals surface area contributed by atoms with E-state index in [-0.39, 0.29) is 6.04 Å². The topological polar surface area (TPSA) is 38.0 Å². The van der Waals surface area contributed by atoms with Gasteiger partial charge in [0.25, 0.3) is 0 Å². The summed E-state index contributed by atoms with van der Waals surface area (Å²) in [6, 6.07) is 6.38. The molecule has 0 heterocycles. The summed E-state index contributed by atoms with van der Waals surface area (Å²) in [5, 5.41) is 0.858. The smallest absolute Gasteiger partial charge is 0.0503 e. The van der Waals surface area contributed by atoms with E-state index in [4.69, 9.17) is 17.4 Å². The Labute approximate surface area is 121 Å². The first-order chi connectivity index (χ1) is 9.02. The molecule has 0 saturated heterocycles. The molecular weight excluding hydrogens is 256 g/mol. The summed E-state index contributed by atoms with van der Waals surface area (Å²) in [6.07, 6.45) is 3.78. The molecule has 19 heavy (non-hydrogen) atoms. The Bertz CT molecular complexity index is 423. The van der Waals surface area contributed by atoms with Gasteiger partial charge in [0.2, 0.25) is 0 Å². The van der Waals surface area contributed by atoms with Gasteiger partial charge in [0.15, 0.2) is 0 Å². The lowest BCUT2D eigenvalue weighted by molar-refractivity contribution is 0.177. The van der Waals surface area contributed by atoms with Crippen molar-refractivity contribution in [1.29, 1.82) is 0 Å². The van der Waals surface area contributed by atoms with Crippen LogP contribution in [0.3, 0.4) is 0 Å². The van der Waals surface area contributed by atoms with Crippen LogP contribution in [0, 0.1) is 24.7 Å². The van der Waals surface area contributed by atoms with Crippen LogP contribution in [0.2, 0.25) is 5.02 Å². The Balaban J connectivity index is 2.26. The highest BCUT2D eigenvalue weighted by atomic mass is 35.5. The van der Waals surface area contributed by atoms with E-state index in [0.717, 1.165) is 28.0 Å². The van der Waals surface area contributed by atoms with E-state index in [0.29, 0.717) is 5.92 Å². The number of aryl methyl sites for hydroxylation is 1. The van der Waals surface area contributed by atoms with Crippen LogP contribution in [-0.2, 0) is 0 Å². The van der Waals surface area contributed by atoms with Crippen molar-refractivity contribution in [3.05, 3.63) is 34.3 Å². The Kier molecular flexibility index (Phi) is 4.88. The second-order valence-corrected chi connectivity index (χ2v) is 6.68. The zero-order chi connectivity index (χ0) is 14.0. The molecule has 106 valence electrons. The van der Waals surface area contributed by atoms with Gasteiger partial charge in [-0.15, -0.1) is 0 Å². The van der Waals surface area contributed by atoms with Crippen molar-refractivity contribution in [1.82, 2.24) is 5.43 Å². The molecular formula is C16H25ClN2. The summed E-state index contributed by atoms with van der Waals surface area (Å²) >= 11 is 6.46. The van der Waals surface area contributed by atoms with Gasteiger partial charge in [-0.1, -0.05) is 43.6 Å². The molecule has 0 radical (unpaired) electrons. The van der Waals surface area contributed by atoms with E-state index < -0.39 is 0 Å². The first-order valence-electron chi connectivity index (χ1n) is 7.24. The number of halogens is 1. The molecule has 3 heteroatoms. The number of nitrogens with one attached hydrogen (secondary N) is 1. The number of hydrazine groups is 1. The summed E-state index contributed by atoms with van der Waals surface area (Å²) in [6.45, 7) is 6.73. The van der Waals surface area contributed by atoms with Crippen molar-refractivity contribution >= 4 is 11.6 Å². The predicted molar refractivity (Wildman–Crippen MR) is 81.9 cm³/mol. The molecule has 0 aromatic heterocycles. The van der Waals surface area contributed by atoms with Crippen molar-refractivity contribution in [3.8, 4) is 0 Å². The van der Waals surface area contributed by atoms with Gasteiger partial charge in [-0.2, -0.15) is 0 Å². The molecule has 0 amide bonds. The highest BCUT2D eigenvalue weighted by Crippen LogP contribution is 2.41. The first kappa shape index (κ1) is 14.8. The molecule has 1 aromatic carbocycles. The van der Waals surface area contributed by atoms with Gasteiger partial charge in [0.05, 0.1) is 6.04 Å². The fraction of sp³-hybridized carbons (Fsp3) is 0.625. The van der Waals surface area contributed by atoms with Crippen LogP contribution in [-0.4, -0.2) is 0 Å². The summed E-state index contributed by atoms with van der Waals surface area (Å²) < 4.78 is 0. The minimum absolute atomic E-state index is 0.164. The maximum atomic E-state index is 6.46. The fourth-order valence-electron chi connectivity index (χ4n) is 3.67. The van der Waals surface area contributed by atoms with Crippen LogP contribution in [0.1, 0.15) is 50.3 Å². The number of rotatable bonds is 3. The maximum absolute atomic E-state index is 6.46. The van der Waals surface area contributed by atoms with Crippen molar-refractivity contribution in [2.45, 2.75) is 46.1 Å². The summed E-state index contributed by atoms with van der Waals surface area (Å²) in [7, 11) is 0. The molecule has 3 N–H and O–H groups in total. The van der Waals surface area contributed by atoms with Gasteiger partial charge >= 0.3 is 0 Å². The van der Waals surface area contributed by atoms with Crippen LogP contribution in [0.15, 0.2) is 18.2 Å². The lowest BCUT2D eigenvalue weighted by atomic mass is 9.72. The molecule has 1 aliphatic carbocycles. The van der Waals surface area contributed by atoms with Gasteiger partial charge in [-0.25, -0.2) is 0 Å². The Hall–Kier alpha value is -0.570. The quantitative estimate of drug-likeness (QED) is 0.642. The third kappa shape index (κ3) is 3.31. The van der Waals surface area contributed by atoms with E-state index in [1.807, 2.05) is 13.0 Å². The summed E-state index contributed by atoms with van der Waals surface area (Å²) in [5.74, 6) is 7.95. The molecule has 0 spiro atoms. The highest BCUT2D eigenvalue weighted by Gasteiger charge is 2.31. The third-order valence-corrected chi connectivity index (χ3v) is 4.94. The molecule has 3 unspecified atom stereocenters. The number of benzene rings is 1. The second kappa shape index (κ2) is 6.25. The Morgan fingerprint density at radius 1 is 1.21 bits per heavy atom. The van der Waals surface area contributed by atoms with Crippen molar-refractivity contribution in [2.75, 3.05) is 0 Å². The van der Waals surface area contributed by atoms with Gasteiger partial charge in [-0.05, 0) is 55.1 Å². The van der Waals surface area contributed by atoms with Crippen LogP contribution in [0.4, 0.5) is 0 Å². The molecule has 1 saturated carbocycles. The SMILES string of the molecule is Cc1cccc(C(NN)C2CC(C)CC(C)C2)c1Cl. The minimum Gasteiger partial charge on any atom is -0.271 e. The van der Waals surface area contributed by atoms with Gasteiger partial charge in [0, 0.05) is 5.02 Å². The van der Waals surface area contributed by atoms with E-state index in [2.05, 4.69) is 31.4 Å². The van der Waals surface area contributed by atoms with Crippen LogP contribution < -0.4 is 11.3 Å². The number of nitrogens with two attached hydrogens (primary N) is 1. The summed E-state index contributed by atoms with van der Waals surface area (Å²) in [4.78, 5) is 0. The molecule has 0 aliphatic heterocycles.